The van der Waals surface area contributed by atoms with Crippen LogP contribution in [0.3, 0.4) is 0 Å². The van der Waals surface area contributed by atoms with Gasteiger partial charge in [-0.05, 0) is 36.3 Å². The van der Waals surface area contributed by atoms with E-state index in [1.165, 1.54) is 6.42 Å². The summed E-state index contributed by atoms with van der Waals surface area (Å²) in [7, 11) is 0. The molecule has 9 heteroatoms. The van der Waals surface area contributed by atoms with E-state index < -0.39 is 30.3 Å². The van der Waals surface area contributed by atoms with Crippen LogP contribution in [0.1, 0.15) is 76.3 Å². The Morgan fingerprint density at radius 2 is 1.27 bits per heavy atom. The number of ether oxygens (including phenoxy) is 2. The number of rotatable bonds is 13. The monoisotopic (exact) mass is 562 g/mol. The summed E-state index contributed by atoms with van der Waals surface area (Å²) in [5.74, 6) is -3.03. The van der Waals surface area contributed by atoms with Crippen LogP contribution in [0, 0.1) is 11.8 Å². The number of carbonyl (C=O) groups excluding carboxylic acids is 4. The number of hydrogen-bond donors (Lipinski definition) is 2. The van der Waals surface area contributed by atoms with Gasteiger partial charge in [0.05, 0.1) is 6.54 Å². The first-order chi connectivity index (χ1) is 19.8. The van der Waals surface area contributed by atoms with Crippen LogP contribution in [0.4, 0.5) is 9.59 Å². The Bertz CT molecular complexity index is 1050. The molecule has 220 valence electrons. The Morgan fingerprint density at radius 3 is 1.76 bits per heavy atom. The summed E-state index contributed by atoms with van der Waals surface area (Å²) in [5, 5.41) is 5.60. The van der Waals surface area contributed by atoms with E-state index in [1.54, 1.807) is 0 Å². The molecular weight excluding hydrogens is 519 g/mol. The van der Waals surface area contributed by atoms with E-state index in [0.717, 1.165) is 49.7 Å². The first-order valence-electron chi connectivity index (χ1n) is 14.8. The molecule has 41 heavy (non-hydrogen) atoms. The molecule has 0 radical (unpaired) electrons. The van der Waals surface area contributed by atoms with E-state index in [4.69, 9.17) is 9.47 Å². The molecule has 2 aromatic carbocycles. The molecule has 0 aromatic heterocycles. The minimum absolute atomic E-state index is 0.0120. The molecule has 1 aliphatic carbocycles. The Balaban J connectivity index is 1.69. The summed E-state index contributed by atoms with van der Waals surface area (Å²) in [6, 6.07) is 18.3. The average Bonchev–Trinajstić information content (AvgIpc) is 2.94. The normalized spacial score (nSPS) is 14.7. The molecule has 0 aliphatic heterocycles. The van der Waals surface area contributed by atoms with Crippen LogP contribution in [0.5, 0.6) is 0 Å². The Hall–Kier alpha value is -3.62. The number of nitrogens with one attached hydrogen (secondary N) is 2. The fraction of sp³-hybridized carbons (Fsp3) is 0.500. The minimum Gasteiger partial charge on any atom is -0.468 e. The van der Waals surface area contributed by atoms with Crippen molar-refractivity contribution >= 4 is 30.3 Å². The van der Waals surface area contributed by atoms with Gasteiger partial charge in [0.2, 0.25) is 11.8 Å². The van der Waals surface area contributed by atoms with Gasteiger partial charge < -0.3 is 20.1 Å². The second kappa shape index (κ2) is 17.3. The molecule has 8 nitrogen and oxygen atoms in total. The van der Waals surface area contributed by atoms with Gasteiger partial charge in [0, 0.05) is 11.9 Å². The topological polar surface area (TPSA) is 111 Å². The fourth-order valence-electron chi connectivity index (χ4n) is 5.14. The fourth-order valence-corrected chi connectivity index (χ4v) is 5.14. The molecule has 0 bridgehead atoms. The highest BCUT2D eigenvalue weighted by Crippen LogP contribution is 2.22. The van der Waals surface area contributed by atoms with Gasteiger partial charge in [0.1, 0.15) is 13.2 Å². The molecule has 2 aromatic rings. The minimum atomic E-state index is -1.37. The van der Waals surface area contributed by atoms with Crippen LogP contribution in [0.2, 0.25) is 0 Å². The van der Waals surface area contributed by atoms with Gasteiger partial charge in [-0.3, -0.25) is 19.2 Å². The summed E-state index contributed by atoms with van der Waals surface area (Å²) in [6.45, 7) is 2.27. The van der Waals surface area contributed by atoms with E-state index in [-0.39, 0.29) is 37.5 Å². The molecule has 1 atom stereocenters. The van der Waals surface area contributed by atoms with E-state index in [0.29, 0.717) is 6.42 Å². The largest absolute Gasteiger partial charge is 0.468 e. The number of carbonyl (C=O) groups is 4. The molecular formula is C32H43BN2O6. The van der Waals surface area contributed by atoms with Gasteiger partial charge in [-0.2, -0.15) is 0 Å². The molecule has 0 heterocycles. The summed E-state index contributed by atoms with van der Waals surface area (Å²) in [6.07, 6.45) is 7.48. The van der Waals surface area contributed by atoms with Crippen molar-refractivity contribution in [2.75, 3.05) is 6.54 Å². The summed E-state index contributed by atoms with van der Waals surface area (Å²) in [4.78, 5) is 52.5. The lowest BCUT2D eigenvalue weighted by Crippen LogP contribution is -2.57. The van der Waals surface area contributed by atoms with Crippen molar-refractivity contribution in [1.29, 1.82) is 0 Å². The molecule has 0 unspecified atom stereocenters. The molecule has 0 spiro atoms. The Morgan fingerprint density at radius 1 is 0.780 bits per heavy atom. The predicted molar refractivity (Wildman–Crippen MR) is 159 cm³/mol. The highest BCUT2D eigenvalue weighted by Gasteiger charge is 2.45. The van der Waals surface area contributed by atoms with E-state index in [2.05, 4.69) is 10.6 Å². The first-order valence-corrected chi connectivity index (χ1v) is 14.8. The van der Waals surface area contributed by atoms with Gasteiger partial charge in [-0.15, -0.1) is 0 Å². The molecule has 1 fully saturated rings. The zero-order chi connectivity index (χ0) is 29.5. The van der Waals surface area contributed by atoms with Gasteiger partial charge in [0.25, 0.3) is 11.7 Å². The van der Waals surface area contributed by atoms with Crippen LogP contribution in [0.25, 0.3) is 0 Å². The van der Waals surface area contributed by atoms with Crippen LogP contribution >= 0.6 is 0 Å². The molecule has 1 aliphatic rings. The zero-order valence-corrected chi connectivity index (χ0v) is 24.3. The molecule has 1 saturated carbocycles. The van der Waals surface area contributed by atoms with Gasteiger partial charge >= 0.3 is 6.71 Å². The Kier molecular flexibility index (Phi) is 13.4. The van der Waals surface area contributed by atoms with Crippen molar-refractivity contribution in [1.82, 2.24) is 10.6 Å². The predicted octanol–water partition coefficient (Wildman–Crippen LogP) is 5.87. The van der Waals surface area contributed by atoms with Crippen LogP contribution in [-0.4, -0.2) is 42.8 Å². The second-order valence-electron chi connectivity index (χ2n) is 11.2. The van der Waals surface area contributed by atoms with Crippen molar-refractivity contribution < 1.29 is 28.7 Å². The lowest BCUT2D eigenvalue weighted by molar-refractivity contribution is -0.129. The van der Waals surface area contributed by atoms with Crippen molar-refractivity contribution in [3.05, 3.63) is 71.8 Å². The summed E-state index contributed by atoms with van der Waals surface area (Å²) in [5.41, 5.74) is 1.55. The third kappa shape index (κ3) is 11.4. The molecule has 2 amide bonds. The highest BCUT2D eigenvalue weighted by atomic mass is 16.5. The van der Waals surface area contributed by atoms with Crippen LogP contribution < -0.4 is 10.6 Å². The number of amides is 2. The maximum absolute atomic E-state index is 13.4. The van der Waals surface area contributed by atoms with Crippen LogP contribution in [0.15, 0.2) is 60.7 Å². The zero-order valence-electron chi connectivity index (χ0n) is 24.3. The standard InChI is InChI=1S/C32H43BN2O6/c1-24(2)20-28(35-29(36)21-34-30(37)27-18-12-4-3-5-13-19-27)33(31(38)40-22-25-14-8-6-9-15-25)32(39)41-23-26-16-10-7-11-17-26/h6-11,14-17,24,27-28H,3-5,12-13,18-23H2,1-2H3,(H,34,37)(H,35,36)/t28-/m0/s1. The smallest absolute Gasteiger partial charge is 0.432 e. The summed E-state index contributed by atoms with van der Waals surface area (Å²) < 4.78 is 11.1. The lowest BCUT2D eigenvalue weighted by Gasteiger charge is -2.25. The van der Waals surface area contributed by atoms with E-state index in [9.17, 15) is 19.2 Å². The maximum atomic E-state index is 13.4. The lowest BCUT2D eigenvalue weighted by atomic mass is 9.42. The first kappa shape index (κ1) is 31.9. The van der Waals surface area contributed by atoms with Crippen LogP contribution in [-0.2, 0) is 32.3 Å². The average molecular weight is 563 g/mol. The number of hydrogen-bond acceptors (Lipinski definition) is 6. The molecule has 3 rings (SSSR count). The van der Waals surface area contributed by atoms with E-state index >= 15 is 0 Å². The number of benzene rings is 2. The van der Waals surface area contributed by atoms with Gasteiger partial charge in [-0.1, -0.05) is 107 Å². The highest BCUT2D eigenvalue weighted by molar-refractivity contribution is 7.10. The van der Waals surface area contributed by atoms with Crippen molar-refractivity contribution in [2.45, 2.75) is 84.4 Å². The van der Waals surface area contributed by atoms with Crippen molar-refractivity contribution in [3.8, 4) is 0 Å². The molecule has 0 saturated heterocycles. The SMILES string of the molecule is CC(C)C[C@H](NC(=O)CNC(=O)C1CCCCCCC1)B(C(=O)OCc1ccccc1)C(=O)OCc1ccccc1. The summed E-state index contributed by atoms with van der Waals surface area (Å²) >= 11 is 0. The van der Waals surface area contributed by atoms with Gasteiger partial charge in [0.15, 0.2) is 0 Å². The maximum Gasteiger partial charge on any atom is 0.432 e. The van der Waals surface area contributed by atoms with Crippen molar-refractivity contribution in [2.24, 2.45) is 11.8 Å². The quantitative estimate of drug-likeness (QED) is 0.296. The Labute approximate surface area is 244 Å². The third-order valence-corrected chi connectivity index (χ3v) is 7.33. The van der Waals surface area contributed by atoms with Gasteiger partial charge in [-0.25, -0.2) is 0 Å². The third-order valence-electron chi connectivity index (χ3n) is 7.33. The van der Waals surface area contributed by atoms with Crippen molar-refractivity contribution in [3.63, 3.8) is 0 Å². The molecule has 2 N–H and O–H groups in total. The van der Waals surface area contributed by atoms with E-state index in [1.807, 2.05) is 74.5 Å². The second-order valence-corrected chi connectivity index (χ2v) is 11.2.